The number of piperazine rings is 1. The Balaban J connectivity index is 1.27. The van der Waals surface area contributed by atoms with E-state index in [1.807, 2.05) is 53.4 Å². The maximum Gasteiger partial charge on any atom is 0.289 e. The van der Waals surface area contributed by atoms with Gasteiger partial charge in [-0.25, -0.2) is 0 Å². The van der Waals surface area contributed by atoms with Gasteiger partial charge in [0.1, 0.15) is 18.1 Å². The molecule has 4 rings (SSSR count). The fourth-order valence-electron chi connectivity index (χ4n) is 3.37. The molecule has 1 aliphatic heterocycles. The second-order valence-electron chi connectivity index (χ2n) is 7.20. The molecular weight excluding hydrogens is 468 g/mol. The van der Waals surface area contributed by atoms with Crippen molar-refractivity contribution in [3.63, 3.8) is 0 Å². The molecule has 1 fully saturated rings. The third kappa shape index (κ3) is 5.45. The standard InChI is InChI=1S/C23H22BrClN2O3/c24-18-3-7-20(8-4-18)29-16-21-9-10-22(30-21)23(28)27-13-11-26(12-14-27)15-17-1-5-19(25)6-2-17/h1-10H,11-16H2. The number of ether oxygens (including phenoxy) is 1. The van der Waals surface area contributed by atoms with Crippen LogP contribution >= 0.6 is 27.5 Å². The van der Waals surface area contributed by atoms with Crippen LogP contribution in [0.3, 0.4) is 0 Å². The van der Waals surface area contributed by atoms with Crippen LogP contribution in [0.5, 0.6) is 5.75 Å². The molecule has 0 spiro atoms. The molecule has 0 N–H and O–H groups in total. The number of carbonyl (C=O) groups is 1. The van der Waals surface area contributed by atoms with Gasteiger partial charge in [-0.2, -0.15) is 0 Å². The molecule has 30 heavy (non-hydrogen) atoms. The summed E-state index contributed by atoms with van der Waals surface area (Å²) < 4.78 is 12.4. The van der Waals surface area contributed by atoms with Crippen molar-refractivity contribution in [1.29, 1.82) is 0 Å². The predicted octanol–water partition coefficient (Wildman–Crippen LogP) is 5.23. The summed E-state index contributed by atoms with van der Waals surface area (Å²) in [7, 11) is 0. The van der Waals surface area contributed by atoms with Crippen LogP contribution < -0.4 is 4.74 Å². The fourth-order valence-corrected chi connectivity index (χ4v) is 3.76. The van der Waals surface area contributed by atoms with Crippen LogP contribution in [0.15, 0.2) is 69.6 Å². The van der Waals surface area contributed by atoms with Gasteiger partial charge in [0.05, 0.1) is 0 Å². The van der Waals surface area contributed by atoms with Crippen molar-refractivity contribution in [2.24, 2.45) is 0 Å². The molecule has 0 aliphatic carbocycles. The molecule has 2 aromatic carbocycles. The van der Waals surface area contributed by atoms with Gasteiger partial charge in [-0.15, -0.1) is 0 Å². The average molecular weight is 490 g/mol. The summed E-state index contributed by atoms with van der Waals surface area (Å²) in [4.78, 5) is 17.0. The molecular formula is C23H22BrClN2O3. The van der Waals surface area contributed by atoms with Gasteiger partial charge in [-0.3, -0.25) is 9.69 Å². The second-order valence-corrected chi connectivity index (χ2v) is 8.56. The van der Waals surface area contributed by atoms with Gasteiger partial charge < -0.3 is 14.1 Å². The highest BCUT2D eigenvalue weighted by Crippen LogP contribution is 2.19. The fraction of sp³-hybridized carbons (Fsp3) is 0.261. The Morgan fingerprint density at radius 2 is 1.67 bits per heavy atom. The Labute approximate surface area is 189 Å². The van der Waals surface area contributed by atoms with Crippen molar-refractivity contribution in [1.82, 2.24) is 9.80 Å². The van der Waals surface area contributed by atoms with Crippen molar-refractivity contribution in [2.45, 2.75) is 13.2 Å². The van der Waals surface area contributed by atoms with Gasteiger partial charge in [0, 0.05) is 42.2 Å². The van der Waals surface area contributed by atoms with E-state index >= 15 is 0 Å². The lowest BCUT2D eigenvalue weighted by atomic mass is 10.2. The summed E-state index contributed by atoms with van der Waals surface area (Å²) in [6.45, 7) is 4.15. The number of nitrogens with zero attached hydrogens (tertiary/aromatic N) is 2. The van der Waals surface area contributed by atoms with Crippen molar-refractivity contribution in [3.8, 4) is 5.75 Å². The molecule has 0 radical (unpaired) electrons. The minimum absolute atomic E-state index is 0.0731. The summed E-state index contributed by atoms with van der Waals surface area (Å²) in [6, 6.07) is 19.0. The maximum absolute atomic E-state index is 12.8. The smallest absolute Gasteiger partial charge is 0.289 e. The molecule has 0 atom stereocenters. The topological polar surface area (TPSA) is 45.9 Å². The Morgan fingerprint density at radius 1 is 0.967 bits per heavy atom. The van der Waals surface area contributed by atoms with Crippen molar-refractivity contribution >= 4 is 33.4 Å². The van der Waals surface area contributed by atoms with E-state index in [-0.39, 0.29) is 12.5 Å². The van der Waals surface area contributed by atoms with Crippen LogP contribution in [-0.4, -0.2) is 41.9 Å². The second kappa shape index (κ2) is 9.69. The highest BCUT2D eigenvalue weighted by molar-refractivity contribution is 9.10. The summed E-state index contributed by atoms with van der Waals surface area (Å²) in [5, 5.41) is 0.745. The first-order valence-corrected chi connectivity index (χ1v) is 11.0. The molecule has 1 aromatic heterocycles. The largest absolute Gasteiger partial charge is 0.486 e. The quantitative estimate of drug-likeness (QED) is 0.475. The zero-order valence-corrected chi connectivity index (χ0v) is 18.7. The molecule has 7 heteroatoms. The summed E-state index contributed by atoms with van der Waals surface area (Å²) in [5.41, 5.74) is 1.22. The molecule has 1 aliphatic rings. The monoisotopic (exact) mass is 488 g/mol. The highest BCUT2D eigenvalue weighted by Gasteiger charge is 2.24. The van der Waals surface area contributed by atoms with E-state index in [9.17, 15) is 4.79 Å². The molecule has 3 aromatic rings. The SMILES string of the molecule is O=C(c1ccc(COc2ccc(Br)cc2)o1)N1CCN(Cc2ccc(Cl)cc2)CC1. The first-order chi connectivity index (χ1) is 14.6. The molecule has 0 saturated carbocycles. The van der Waals surface area contributed by atoms with Crippen LogP contribution in [0.2, 0.25) is 5.02 Å². The molecule has 1 saturated heterocycles. The Hall–Kier alpha value is -2.28. The zero-order valence-electron chi connectivity index (χ0n) is 16.4. The van der Waals surface area contributed by atoms with Gasteiger partial charge in [0.2, 0.25) is 0 Å². The van der Waals surface area contributed by atoms with Crippen molar-refractivity contribution in [2.75, 3.05) is 26.2 Å². The Morgan fingerprint density at radius 3 is 2.37 bits per heavy atom. The average Bonchev–Trinajstić information content (AvgIpc) is 3.24. The van der Waals surface area contributed by atoms with Crippen molar-refractivity contribution in [3.05, 3.63) is 87.2 Å². The number of halogens is 2. The van der Waals surface area contributed by atoms with Crippen LogP contribution in [0.1, 0.15) is 21.9 Å². The third-order valence-corrected chi connectivity index (χ3v) is 5.83. The van der Waals surface area contributed by atoms with E-state index in [1.54, 1.807) is 12.1 Å². The first kappa shape index (κ1) is 21.0. The third-order valence-electron chi connectivity index (χ3n) is 5.05. The van der Waals surface area contributed by atoms with Gasteiger partial charge >= 0.3 is 0 Å². The van der Waals surface area contributed by atoms with Gasteiger partial charge in [-0.05, 0) is 54.1 Å². The minimum Gasteiger partial charge on any atom is -0.486 e. The molecule has 0 bridgehead atoms. The van der Waals surface area contributed by atoms with E-state index in [4.69, 9.17) is 20.8 Å². The lowest BCUT2D eigenvalue weighted by Crippen LogP contribution is -2.48. The molecule has 2 heterocycles. The summed E-state index contributed by atoms with van der Waals surface area (Å²) >= 11 is 9.35. The highest BCUT2D eigenvalue weighted by atomic mass is 79.9. The van der Waals surface area contributed by atoms with Crippen LogP contribution in [0.25, 0.3) is 0 Å². The Kier molecular flexibility index (Phi) is 6.77. The van der Waals surface area contributed by atoms with E-state index in [2.05, 4.69) is 20.8 Å². The first-order valence-electron chi connectivity index (χ1n) is 9.80. The molecule has 0 unspecified atom stereocenters. The normalized spacial score (nSPS) is 14.7. The van der Waals surface area contributed by atoms with E-state index in [0.29, 0.717) is 24.6 Å². The predicted molar refractivity (Wildman–Crippen MR) is 120 cm³/mol. The number of carbonyl (C=O) groups excluding carboxylic acids is 1. The lowest BCUT2D eigenvalue weighted by Gasteiger charge is -2.34. The van der Waals surface area contributed by atoms with Crippen LogP contribution in [0, 0.1) is 0 Å². The van der Waals surface area contributed by atoms with Crippen LogP contribution in [0.4, 0.5) is 0 Å². The number of furan rings is 1. The minimum atomic E-state index is -0.0731. The summed E-state index contributed by atoms with van der Waals surface area (Å²) in [6.07, 6.45) is 0. The van der Waals surface area contributed by atoms with Gasteiger partial charge in [0.15, 0.2) is 5.76 Å². The molecule has 5 nitrogen and oxygen atoms in total. The maximum atomic E-state index is 12.8. The van der Waals surface area contributed by atoms with Gasteiger partial charge in [-0.1, -0.05) is 39.7 Å². The number of hydrogen-bond donors (Lipinski definition) is 0. The van der Waals surface area contributed by atoms with Crippen LogP contribution in [-0.2, 0) is 13.2 Å². The lowest BCUT2D eigenvalue weighted by molar-refractivity contribution is 0.0594. The zero-order chi connectivity index (χ0) is 20.9. The number of benzene rings is 2. The molecule has 156 valence electrons. The Bertz CT molecular complexity index is 980. The summed E-state index contributed by atoms with van der Waals surface area (Å²) in [5.74, 6) is 1.66. The number of rotatable bonds is 6. The number of amides is 1. The van der Waals surface area contributed by atoms with Crippen molar-refractivity contribution < 1.29 is 13.9 Å². The van der Waals surface area contributed by atoms with Gasteiger partial charge in [0.25, 0.3) is 5.91 Å². The van der Waals surface area contributed by atoms with E-state index in [0.717, 1.165) is 34.9 Å². The number of hydrogen-bond acceptors (Lipinski definition) is 4. The van der Waals surface area contributed by atoms with E-state index in [1.165, 1.54) is 5.56 Å². The van der Waals surface area contributed by atoms with E-state index < -0.39 is 0 Å². The molecule has 1 amide bonds.